The van der Waals surface area contributed by atoms with Crippen molar-refractivity contribution in [3.8, 4) is 0 Å². The van der Waals surface area contributed by atoms with Crippen LogP contribution in [-0.2, 0) is 0 Å². The first-order chi connectivity index (χ1) is 13.8. The number of halogens is 1. The zero-order valence-electron chi connectivity index (χ0n) is 19.8. The molecule has 0 fully saturated rings. The minimum Gasteiger partial charge on any atom is -0.0885 e. The zero-order valence-corrected chi connectivity index (χ0v) is 21.9. The van der Waals surface area contributed by atoms with Gasteiger partial charge in [0, 0.05) is 0 Å². The molecule has 0 heterocycles. The molecule has 0 spiro atoms. The summed E-state index contributed by atoms with van der Waals surface area (Å²) in [5, 5.41) is 0. The summed E-state index contributed by atoms with van der Waals surface area (Å²) in [4.78, 5) is 0. The molecule has 0 aliphatic carbocycles. The topological polar surface area (TPSA) is 0 Å². The fraction of sp³-hybridized carbons (Fsp3) is 0.571. The highest BCUT2D eigenvalue weighted by molar-refractivity contribution is 14.1. The highest BCUT2D eigenvalue weighted by atomic mass is 127. The van der Waals surface area contributed by atoms with Crippen LogP contribution < -0.4 is 0 Å². The van der Waals surface area contributed by atoms with Gasteiger partial charge in [-0.3, -0.25) is 0 Å². The second-order valence-electron chi connectivity index (χ2n) is 8.55. The first-order valence-corrected chi connectivity index (χ1v) is 12.4. The average Bonchev–Trinajstić information content (AvgIpc) is 2.67. The first kappa shape index (κ1) is 28.0. The number of allylic oxidation sites excluding steroid dienone is 10. The van der Waals surface area contributed by atoms with Crippen molar-refractivity contribution in [3.63, 3.8) is 0 Å². The normalized spacial score (nSPS) is 13.1. The fourth-order valence-electron chi connectivity index (χ4n) is 2.81. The van der Waals surface area contributed by atoms with Crippen molar-refractivity contribution in [2.45, 2.75) is 99.3 Å². The number of hydrogen-bond acceptors (Lipinski definition) is 0. The van der Waals surface area contributed by atoms with Crippen molar-refractivity contribution >= 4 is 22.6 Å². The lowest BCUT2D eigenvalue weighted by Gasteiger charge is -2.22. The van der Waals surface area contributed by atoms with Crippen molar-refractivity contribution in [1.82, 2.24) is 0 Å². The van der Waals surface area contributed by atoms with Crippen molar-refractivity contribution in [2.24, 2.45) is 5.41 Å². The van der Waals surface area contributed by atoms with Crippen LogP contribution in [-0.4, -0.2) is 0 Å². The predicted octanol–water partition coefficient (Wildman–Crippen LogP) is 10.2. The van der Waals surface area contributed by atoms with Gasteiger partial charge in [-0.15, -0.1) is 0 Å². The molecule has 0 amide bonds. The third-order valence-electron chi connectivity index (χ3n) is 4.84. The van der Waals surface area contributed by atoms with Gasteiger partial charge in [-0.1, -0.05) is 82.0 Å². The van der Waals surface area contributed by atoms with E-state index in [1.165, 1.54) is 46.8 Å². The van der Waals surface area contributed by atoms with Gasteiger partial charge in [0.05, 0.1) is 0 Å². The molecule has 0 unspecified atom stereocenters. The van der Waals surface area contributed by atoms with Gasteiger partial charge >= 0.3 is 0 Å². The molecule has 0 aromatic rings. The van der Waals surface area contributed by atoms with E-state index in [9.17, 15) is 0 Å². The second-order valence-corrected chi connectivity index (χ2v) is 9.86. The van der Waals surface area contributed by atoms with Crippen LogP contribution in [0.4, 0.5) is 0 Å². The summed E-state index contributed by atoms with van der Waals surface area (Å²) in [5.41, 5.74) is 9.56. The summed E-state index contributed by atoms with van der Waals surface area (Å²) < 4.78 is 1.36. The van der Waals surface area contributed by atoms with Gasteiger partial charge in [0.1, 0.15) is 0 Å². The van der Waals surface area contributed by atoms with E-state index in [4.69, 9.17) is 0 Å². The van der Waals surface area contributed by atoms with Crippen molar-refractivity contribution < 1.29 is 0 Å². The van der Waals surface area contributed by atoms with Gasteiger partial charge in [0.25, 0.3) is 0 Å². The molecule has 29 heavy (non-hydrogen) atoms. The van der Waals surface area contributed by atoms with E-state index < -0.39 is 0 Å². The van der Waals surface area contributed by atoms with Crippen LogP contribution in [0, 0.1) is 5.41 Å². The van der Waals surface area contributed by atoms with Crippen LogP contribution >= 0.6 is 22.6 Å². The summed E-state index contributed by atoms with van der Waals surface area (Å²) in [6.07, 6.45) is 26.0. The molecular formula is C28H43I. The Bertz CT molecular complexity index is 654. The highest BCUT2D eigenvalue weighted by Crippen LogP contribution is 2.28. The van der Waals surface area contributed by atoms with Crippen LogP contribution in [0.5, 0.6) is 0 Å². The van der Waals surface area contributed by atoms with Crippen LogP contribution in [0.25, 0.3) is 0 Å². The molecule has 162 valence electrons. The van der Waals surface area contributed by atoms with Gasteiger partial charge in [0.2, 0.25) is 0 Å². The summed E-state index contributed by atoms with van der Waals surface area (Å²) in [6, 6.07) is 0. The lowest BCUT2D eigenvalue weighted by Crippen LogP contribution is -2.09. The summed E-state index contributed by atoms with van der Waals surface area (Å²) >= 11 is 2.44. The van der Waals surface area contributed by atoms with Crippen molar-refractivity contribution in [1.29, 1.82) is 0 Å². The highest BCUT2D eigenvalue weighted by Gasteiger charge is 2.15. The third kappa shape index (κ3) is 17.6. The van der Waals surface area contributed by atoms with E-state index in [-0.39, 0.29) is 0 Å². The largest absolute Gasteiger partial charge is 0.0885 e. The lowest BCUT2D eigenvalue weighted by atomic mass is 9.83. The Balaban J connectivity index is 4.52. The lowest BCUT2D eigenvalue weighted by molar-refractivity contribution is 0.329. The Kier molecular flexibility index (Phi) is 17.2. The van der Waals surface area contributed by atoms with Crippen LogP contribution in [0.1, 0.15) is 99.3 Å². The molecule has 0 saturated carbocycles. The molecule has 0 aromatic carbocycles. The molecule has 0 nitrogen and oxygen atoms in total. The van der Waals surface area contributed by atoms with Crippen molar-refractivity contribution in [2.75, 3.05) is 0 Å². The molecule has 0 aromatic heterocycles. The van der Waals surface area contributed by atoms with Crippen LogP contribution in [0.2, 0.25) is 0 Å². The van der Waals surface area contributed by atoms with E-state index >= 15 is 0 Å². The van der Waals surface area contributed by atoms with E-state index in [1.807, 2.05) is 0 Å². The van der Waals surface area contributed by atoms with Crippen LogP contribution in [0.15, 0.2) is 68.7 Å². The van der Waals surface area contributed by atoms with E-state index in [2.05, 4.69) is 118 Å². The maximum Gasteiger partial charge on any atom is -0.00208 e. The Morgan fingerprint density at radius 2 is 1.69 bits per heavy atom. The van der Waals surface area contributed by atoms with Gasteiger partial charge in [-0.25, -0.2) is 0 Å². The molecule has 0 aliphatic rings. The smallest absolute Gasteiger partial charge is 0.00208 e. The Hall–Kier alpha value is -1.01. The monoisotopic (exact) mass is 506 g/mol. The van der Waals surface area contributed by atoms with Crippen LogP contribution in [0.3, 0.4) is 0 Å². The SMILES string of the molecule is CC/C=C\C/C=C\C/C(I)=C(\C)C=C=C=C(C)CCCC(C)(C)C/C=C\CCC. The van der Waals surface area contributed by atoms with E-state index in [0.717, 1.165) is 25.7 Å². The van der Waals surface area contributed by atoms with E-state index in [1.54, 1.807) is 0 Å². The predicted molar refractivity (Wildman–Crippen MR) is 142 cm³/mol. The maximum atomic E-state index is 3.34. The van der Waals surface area contributed by atoms with Gasteiger partial charge in [-0.2, -0.15) is 0 Å². The van der Waals surface area contributed by atoms with Gasteiger partial charge < -0.3 is 0 Å². The summed E-state index contributed by atoms with van der Waals surface area (Å²) in [5.74, 6) is 0. The molecule has 0 aliphatic heterocycles. The Morgan fingerprint density at radius 1 is 0.966 bits per heavy atom. The molecule has 0 bridgehead atoms. The maximum absolute atomic E-state index is 3.34. The number of unbranched alkanes of at least 4 members (excludes halogenated alkanes) is 1. The number of rotatable bonds is 14. The van der Waals surface area contributed by atoms with Gasteiger partial charge in [-0.05, 0) is 114 Å². The molecular weight excluding hydrogens is 463 g/mol. The fourth-order valence-corrected chi connectivity index (χ4v) is 3.22. The molecule has 0 atom stereocenters. The molecule has 1 heteroatoms. The van der Waals surface area contributed by atoms with E-state index in [0.29, 0.717) is 5.41 Å². The zero-order chi connectivity index (χ0) is 22.0. The summed E-state index contributed by atoms with van der Waals surface area (Å²) in [7, 11) is 0. The average molecular weight is 507 g/mol. The minimum absolute atomic E-state index is 0.388. The quantitative estimate of drug-likeness (QED) is 0.0951. The third-order valence-corrected chi connectivity index (χ3v) is 6.13. The van der Waals surface area contributed by atoms with Gasteiger partial charge in [0.15, 0.2) is 0 Å². The first-order valence-electron chi connectivity index (χ1n) is 11.3. The number of hydrogen-bond donors (Lipinski definition) is 0. The minimum atomic E-state index is 0.388. The molecule has 0 N–H and O–H groups in total. The molecule has 0 saturated heterocycles. The van der Waals surface area contributed by atoms with Crippen molar-refractivity contribution in [3.05, 3.63) is 68.7 Å². The standard InChI is InChI=1S/C28H43I/c1-7-9-11-13-14-15-22-27(29)26(4)21-17-19-25(3)20-18-24-28(5,6)23-16-12-10-8-2/h9,11-12,14-16,21H,7-8,10,13,18,20,22-24H2,1-6H3/b11-9-,15-14-,16-12-,25-21?,27-26-. The summed E-state index contributed by atoms with van der Waals surface area (Å²) in [6.45, 7) is 13.5. The molecule has 0 radical (unpaired) electrons. The Labute approximate surface area is 195 Å². The Morgan fingerprint density at radius 3 is 2.38 bits per heavy atom. The second kappa shape index (κ2) is 17.8. The molecule has 0 rings (SSSR count).